The van der Waals surface area contributed by atoms with Crippen LogP contribution in [0.3, 0.4) is 0 Å². The molecule has 0 radical (unpaired) electrons. The highest BCUT2D eigenvalue weighted by Gasteiger charge is 2.05. The van der Waals surface area contributed by atoms with Crippen molar-refractivity contribution in [3.05, 3.63) is 66.2 Å². The second-order valence-corrected chi connectivity index (χ2v) is 4.43. The molecule has 0 N–H and O–H groups in total. The lowest BCUT2D eigenvalue weighted by molar-refractivity contribution is 0.459. The second kappa shape index (κ2) is 5.67. The fourth-order valence-corrected chi connectivity index (χ4v) is 1.85. The quantitative estimate of drug-likeness (QED) is 0.729. The predicted molar refractivity (Wildman–Crippen MR) is 76.8 cm³/mol. The van der Waals surface area contributed by atoms with Crippen LogP contribution in [0.2, 0.25) is 5.02 Å². The molecule has 0 atom stereocenters. The lowest BCUT2D eigenvalue weighted by atomic mass is 10.1. The molecule has 2 aromatic heterocycles. The van der Waals surface area contributed by atoms with E-state index in [1.54, 1.807) is 6.20 Å². The van der Waals surface area contributed by atoms with Crippen molar-refractivity contribution in [1.29, 1.82) is 0 Å². The van der Waals surface area contributed by atoms with E-state index in [9.17, 15) is 0 Å². The first-order valence-corrected chi connectivity index (χ1v) is 6.35. The minimum Gasteiger partial charge on any atom is -0.436 e. The van der Waals surface area contributed by atoms with Gasteiger partial charge in [-0.05, 0) is 12.1 Å². The van der Waals surface area contributed by atoms with E-state index in [2.05, 4.69) is 15.0 Å². The van der Waals surface area contributed by atoms with Gasteiger partial charge in [-0.15, -0.1) is 0 Å². The van der Waals surface area contributed by atoms with Crippen LogP contribution < -0.4 is 4.74 Å². The van der Waals surface area contributed by atoms with E-state index >= 15 is 0 Å². The average molecular weight is 284 g/mol. The van der Waals surface area contributed by atoms with Crippen LogP contribution in [0.25, 0.3) is 11.3 Å². The summed E-state index contributed by atoms with van der Waals surface area (Å²) in [5.41, 5.74) is 1.94. The summed E-state index contributed by atoms with van der Waals surface area (Å²) >= 11 is 5.93. The van der Waals surface area contributed by atoms with E-state index in [4.69, 9.17) is 16.3 Å². The van der Waals surface area contributed by atoms with Crippen molar-refractivity contribution < 1.29 is 4.74 Å². The highest BCUT2D eigenvalue weighted by molar-refractivity contribution is 6.31. The number of pyridine rings is 1. The van der Waals surface area contributed by atoms with Gasteiger partial charge in [-0.1, -0.05) is 41.9 Å². The Kier molecular flexibility index (Phi) is 3.56. The van der Waals surface area contributed by atoms with Crippen LogP contribution in [0.4, 0.5) is 0 Å². The van der Waals surface area contributed by atoms with E-state index < -0.39 is 0 Å². The van der Waals surface area contributed by atoms with Crippen LogP contribution in [0.15, 0.2) is 61.2 Å². The molecular formula is C15H10ClN3O. The number of hydrogen-bond donors (Lipinski definition) is 0. The molecule has 0 amide bonds. The van der Waals surface area contributed by atoms with Crippen LogP contribution in [0, 0.1) is 0 Å². The van der Waals surface area contributed by atoms with Crippen molar-refractivity contribution in [2.45, 2.75) is 0 Å². The van der Waals surface area contributed by atoms with Crippen molar-refractivity contribution in [2.24, 2.45) is 0 Å². The third-order valence-electron chi connectivity index (χ3n) is 2.65. The Labute approximate surface area is 121 Å². The summed E-state index contributed by atoms with van der Waals surface area (Å²) in [5.74, 6) is 0.890. The Balaban J connectivity index is 1.82. The van der Waals surface area contributed by atoms with Gasteiger partial charge in [0.2, 0.25) is 5.88 Å². The molecule has 4 nitrogen and oxygen atoms in total. The van der Waals surface area contributed by atoms with E-state index in [1.165, 1.54) is 12.5 Å². The normalized spacial score (nSPS) is 10.2. The molecule has 0 bridgehead atoms. The number of ether oxygens (including phenoxy) is 1. The zero-order valence-electron chi connectivity index (χ0n) is 10.4. The largest absolute Gasteiger partial charge is 0.436 e. The van der Waals surface area contributed by atoms with Gasteiger partial charge in [0.1, 0.15) is 17.1 Å². The second-order valence-electron chi connectivity index (χ2n) is 4.02. The summed E-state index contributed by atoms with van der Waals surface area (Å²) < 4.78 is 5.55. The van der Waals surface area contributed by atoms with E-state index in [0.29, 0.717) is 16.7 Å². The smallest absolute Gasteiger partial charge is 0.241 e. The van der Waals surface area contributed by atoms with Crippen molar-refractivity contribution >= 4 is 11.6 Å². The van der Waals surface area contributed by atoms with Crippen LogP contribution in [-0.4, -0.2) is 15.0 Å². The maximum absolute atomic E-state index is 5.93. The molecule has 2 heterocycles. The Morgan fingerprint density at radius 2 is 1.75 bits per heavy atom. The molecule has 0 aliphatic rings. The molecule has 0 saturated carbocycles. The lowest BCUT2D eigenvalue weighted by Gasteiger charge is -2.06. The van der Waals surface area contributed by atoms with Gasteiger partial charge in [-0.25, -0.2) is 9.97 Å². The Hall–Kier alpha value is -2.46. The maximum atomic E-state index is 5.93. The zero-order chi connectivity index (χ0) is 13.8. The minimum atomic E-state index is 0.316. The molecule has 98 valence electrons. The molecule has 0 unspecified atom stereocenters. The van der Waals surface area contributed by atoms with Gasteiger partial charge in [0, 0.05) is 5.56 Å². The molecule has 3 aromatic rings. The van der Waals surface area contributed by atoms with E-state index in [1.807, 2.05) is 42.5 Å². The monoisotopic (exact) mass is 283 g/mol. The summed E-state index contributed by atoms with van der Waals surface area (Å²) in [5, 5.41) is 0.361. The van der Waals surface area contributed by atoms with Gasteiger partial charge in [-0.2, -0.15) is 0 Å². The standard InChI is InChI=1S/C15H10ClN3O/c16-13-9-17-10-19-15(13)20-12-6-7-14(18-8-12)11-4-2-1-3-5-11/h1-10H. The Bertz CT molecular complexity index is 702. The van der Waals surface area contributed by atoms with Crippen LogP contribution >= 0.6 is 11.6 Å². The van der Waals surface area contributed by atoms with Gasteiger partial charge in [0.05, 0.1) is 18.1 Å². The lowest BCUT2D eigenvalue weighted by Crippen LogP contribution is -1.91. The highest BCUT2D eigenvalue weighted by atomic mass is 35.5. The van der Waals surface area contributed by atoms with Crippen molar-refractivity contribution in [1.82, 2.24) is 15.0 Å². The van der Waals surface area contributed by atoms with Gasteiger partial charge < -0.3 is 4.74 Å². The van der Waals surface area contributed by atoms with Gasteiger partial charge in [0.15, 0.2) is 0 Å². The van der Waals surface area contributed by atoms with Gasteiger partial charge in [-0.3, -0.25) is 4.98 Å². The molecule has 0 fully saturated rings. The molecule has 0 aliphatic carbocycles. The first-order valence-electron chi connectivity index (χ1n) is 5.98. The number of benzene rings is 1. The third kappa shape index (κ3) is 2.75. The first-order chi connectivity index (χ1) is 9.83. The third-order valence-corrected chi connectivity index (χ3v) is 2.91. The Morgan fingerprint density at radius 1 is 0.900 bits per heavy atom. The summed E-state index contributed by atoms with van der Waals surface area (Å²) in [4.78, 5) is 12.1. The first kappa shape index (κ1) is 12.6. The number of halogens is 1. The molecule has 0 saturated heterocycles. The van der Waals surface area contributed by atoms with Crippen molar-refractivity contribution in [3.8, 4) is 22.9 Å². The zero-order valence-corrected chi connectivity index (χ0v) is 11.2. The molecular weight excluding hydrogens is 274 g/mol. The number of rotatable bonds is 3. The average Bonchev–Trinajstić information content (AvgIpc) is 2.51. The molecule has 5 heteroatoms. The van der Waals surface area contributed by atoms with Crippen LogP contribution in [0.1, 0.15) is 0 Å². The molecule has 3 rings (SSSR count). The highest BCUT2D eigenvalue weighted by Crippen LogP contribution is 2.26. The molecule has 0 aliphatic heterocycles. The number of aromatic nitrogens is 3. The van der Waals surface area contributed by atoms with Gasteiger partial charge in [0.25, 0.3) is 0 Å². The summed E-state index contributed by atoms with van der Waals surface area (Å²) in [6, 6.07) is 13.6. The molecule has 0 spiro atoms. The number of nitrogens with zero attached hydrogens (tertiary/aromatic N) is 3. The maximum Gasteiger partial charge on any atom is 0.241 e. The minimum absolute atomic E-state index is 0.316. The summed E-state index contributed by atoms with van der Waals surface area (Å²) in [7, 11) is 0. The van der Waals surface area contributed by atoms with Crippen molar-refractivity contribution in [2.75, 3.05) is 0 Å². The van der Waals surface area contributed by atoms with Gasteiger partial charge >= 0.3 is 0 Å². The van der Waals surface area contributed by atoms with E-state index in [-0.39, 0.29) is 0 Å². The topological polar surface area (TPSA) is 47.9 Å². The Morgan fingerprint density at radius 3 is 2.45 bits per heavy atom. The summed E-state index contributed by atoms with van der Waals surface area (Å²) in [6.45, 7) is 0. The molecule has 1 aromatic carbocycles. The van der Waals surface area contributed by atoms with E-state index in [0.717, 1.165) is 11.3 Å². The van der Waals surface area contributed by atoms with Crippen molar-refractivity contribution in [3.63, 3.8) is 0 Å². The van der Waals surface area contributed by atoms with Crippen LogP contribution in [-0.2, 0) is 0 Å². The number of hydrogen-bond acceptors (Lipinski definition) is 4. The molecule has 20 heavy (non-hydrogen) atoms. The SMILES string of the molecule is Clc1cncnc1Oc1ccc(-c2ccccc2)nc1. The fraction of sp³-hybridized carbons (Fsp3) is 0. The summed E-state index contributed by atoms with van der Waals surface area (Å²) in [6.07, 6.45) is 4.50. The van der Waals surface area contributed by atoms with Crippen LogP contribution in [0.5, 0.6) is 11.6 Å². The predicted octanol–water partition coefficient (Wildman–Crippen LogP) is 3.98. The fourth-order valence-electron chi connectivity index (χ4n) is 1.71.